The molecule has 1 heterocycles. The third-order valence-electron chi connectivity index (χ3n) is 3.75. The fourth-order valence-corrected chi connectivity index (χ4v) is 3.32. The third-order valence-corrected chi connectivity index (χ3v) is 5.09. The minimum atomic E-state index is -0.448. The molecule has 0 unspecified atom stereocenters. The topological polar surface area (TPSA) is 67.9 Å². The molecule has 0 fully saturated rings. The molecule has 0 radical (unpaired) electrons. The number of halogens is 1. The van der Waals surface area contributed by atoms with E-state index in [1.54, 1.807) is 50.4 Å². The Labute approximate surface area is 159 Å². The van der Waals surface area contributed by atoms with E-state index in [0.29, 0.717) is 27.0 Å². The molecular weight excluding hydrogens is 370 g/mol. The number of hydrogen-bond acceptors (Lipinski definition) is 5. The number of rotatable bonds is 4. The van der Waals surface area contributed by atoms with Crippen LogP contribution in [0.5, 0.6) is 5.75 Å². The zero-order valence-corrected chi connectivity index (χ0v) is 15.6. The van der Waals surface area contributed by atoms with Crippen molar-refractivity contribution in [3.63, 3.8) is 0 Å². The van der Waals surface area contributed by atoms with Gasteiger partial charge < -0.3 is 4.74 Å². The standard InChI is InChI=1S/C19H14ClN3O2S/c1-12-17(11-21)19(24)23(14-5-7-15(25-2)8-6-14)22-18(12)26-16-9-3-13(20)4-10-16/h3-10H,1-2H3. The maximum absolute atomic E-state index is 12.6. The van der Waals surface area contributed by atoms with Crippen molar-refractivity contribution in [2.75, 3.05) is 7.11 Å². The minimum absolute atomic E-state index is 0.0762. The molecule has 0 atom stereocenters. The second-order valence-electron chi connectivity index (χ2n) is 5.39. The molecule has 0 aliphatic carbocycles. The predicted octanol–water partition coefficient (Wildman–Crippen LogP) is 4.23. The SMILES string of the molecule is COc1ccc(-n2nc(Sc3ccc(Cl)cc3)c(C)c(C#N)c2=O)cc1. The molecule has 3 aromatic rings. The molecule has 130 valence electrons. The van der Waals surface area contributed by atoms with Crippen LogP contribution in [0.2, 0.25) is 5.02 Å². The molecule has 26 heavy (non-hydrogen) atoms. The maximum atomic E-state index is 12.6. The monoisotopic (exact) mass is 383 g/mol. The third kappa shape index (κ3) is 3.59. The normalized spacial score (nSPS) is 10.4. The molecular formula is C19H14ClN3O2S. The van der Waals surface area contributed by atoms with Crippen molar-refractivity contribution in [2.45, 2.75) is 16.8 Å². The molecule has 0 saturated heterocycles. The van der Waals surface area contributed by atoms with Gasteiger partial charge in [0.05, 0.1) is 12.8 Å². The van der Waals surface area contributed by atoms with Gasteiger partial charge in [0, 0.05) is 15.5 Å². The smallest absolute Gasteiger partial charge is 0.289 e. The lowest BCUT2D eigenvalue weighted by Crippen LogP contribution is -2.25. The van der Waals surface area contributed by atoms with Crippen LogP contribution in [-0.4, -0.2) is 16.9 Å². The van der Waals surface area contributed by atoms with Crippen molar-refractivity contribution in [1.82, 2.24) is 9.78 Å². The van der Waals surface area contributed by atoms with Crippen molar-refractivity contribution >= 4 is 23.4 Å². The van der Waals surface area contributed by atoms with E-state index in [1.165, 1.54) is 16.4 Å². The average molecular weight is 384 g/mol. The second kappa shape index (κ2) is 7.65. The molecule has 3 rings (SSSR count). The molecule has 0 bridgehead atoms. The first-order valence-corrected chi connectivity index (χ1v) is 8.85. The van der Waals surface area contributed by atoms with E-state index in [-0.39, 0.29) is 5.56 Å². The number of hydrogen-bond donors (Lipinski definition) is 0. The van der Waals surface area contributed by atoms with E-state index in [4.69, 9.17) is 16.3 Å². The number of benzene rings is 2. The van der Waals surface area contributed by atoms with Gasteiger partial charge in [-0.1, -0.05) is 23.4 Å². The summed E-state index contributed by atoms with van der Waals surface area (Å²) in [6, 6.07) is 16.2. The molecule has 7 heteroatoms. The zero-order valence-electron chi connectivity index (χ0n) is 14.1. The van der Waals surface area contributed by atoms with E-state index in [1.807, 2.05) is 18.2 Å². The number of nitrogens with zero attached hydrogens (tertiary/aromatic N) is 3. The van der Waals surface area contributed by atoms with Gasteiger partial charge in [0.2, 0.25) is 0 Å². The van der Waals surface area contributed by atoms with Crippen LogP contribution in [0.25, 0.3) is 5.69 Å². The summed E-state index contributed by atoms with van der Waals surface area (Å²) in [5, 5.41) is 15.1. The first-order chi connectivity index (χ1) is 12.5. The first kappa shape index (κ1) is 18.1. The summed E-state index contributed by atoms with van der Waals surface area (Å²) >= 11 is 7.29. The van der Waals surface area contributed by atoms with Crippen LogP contribution in [0.15, 0.2) is 63.2 Å². The number of methoxy groups -OCH3 is 1. The quantitative estimate of drug-likeness (QED) is 0.674. The van der Waals surface area contributed by atoms with Crippen molar-refractivity contribution < 1.29 is 4.74 Å². The Morgan fingerprint density at radius 3 is 2.38 bits per heavy atom. The molecule has 0 saturated carbocycles. The molecule has 0 spiro atoms. The molecule has 5 nitrogen and oxygen atoms in total. The Balaban J connectivity index is 2.11. The van der Waals surface area contributed by atoms with Crippen LogP contribution < -0.4 is 10.3 Å². The van der Waals surface area contributed by atoms with Gasteiger partial charge in [0.15, 0.2) is 0 Å². The Morgan fingerprint density at radius 2 is 1.81 bits per heavy atom. The highest BCUT2D eigenvalue weighted by molar-refractivity contribution is 7.99. The summed E-state index contributed by atoms with van der Waals surface area (Å²) in [4.78, 5) is 13.6. The number of nitriles is 1. The van der Waals surface area contributed by atoms with Gasteiger partial charge in [-0.2, -0.15) is 15.0 Å². The van der Waals surface area contributed by atoms with E-state index >= 15 is 0 Å². The van der Waals surface area contributed by atoms with Gasteiger partial charge >= 0.3 is 0 Å². The van der Waals surface area contributed by atoms with E-state index < -0.39 is 5.56 Å². The van der Waals surface area contributed by atoms with Gasteiger partial charge in [-0.05, 0) is 55.5 Å². The molecule has 1 aromatic heterocycles. The van der Waals surface area contributed by atoms with Crippen LogP contribution >= 0.6 is 23.4 Å². The Bertz CT molecular complexity index is 1040. The lowest BCUT2D eigenvalue weighted by Gasteiger charge is -2.11. The summed E-state index contributed by atoms with van der Waals surface area (Å²) < 4.78 is 6.38. The maximum Gasteiger partial charge on any atom is 0.289 e. The summed E-state index contributed by atoms with van der Waals surface area (Å²) in [6.45, 7) is 1.73. The summed E-state index contributed by atoms with van der Waals surface area (Å²) in [7, 11) is 1.57. The van der Waals surface area contributed by atoms with Crippen molar-refractivity contribution in [1.29, 1.82) is 5.26 Å². The minimum Gasteiger partial charge on any atom is -0.497 e. The van der Waals surface area contributed by atoms with Gasteiger partial charge in [0.1, 0.15) is 22.4 Å². The summed E-state index contributed by atoms with van der Waals surface area (Å²) in [5.74, 6) is 0.671. The van der Waals surface area contributed by atoms with Crippen molar-refractivity contribution in [3.8, 4) is 17.5 Å². The van der Waals surface area contributed by atoms with Crippen LogP contribution in [0, 0.1) is 18.3 Å². The summed E-state index contributed by atoms with van der Waals surface area (Å²) in [5.41, 5.74) is 0.746. The van der Waals surface area contributed by atoms with Crippen LogP contribution in [-0.2, 0) is 0 Å². The van der Waals surface area contributed by atoms with Gasteiger partial charge in [-0.15, -0.1) is 0 Å². The molecule has 0 aliphatic heterocycles. The summed E-state index contributed by atoms with van der Waals surface area (Å²) in [6.07, 6.45) is 0. The fraction of sp³-hybridized carbons (Fsp3) is 0.105. The zero-order chi connectivity index (χ0) is 18.7. The highest BCUT2D eigenvalue weighted by Gasteiger charge is 2.16. The van der Waals surface area contributed by atoms with Crippen LogP contribution in [0.4, 0.5) is 0 Å². The number of aromatic nitrogens is 2. The Hall–Kier alpha value is -2.75. The molecule has 0 aliphatic rings. The van der Waals surface area contributed by atoms with Crippen LogP contribution in [0.3, 0.4) is 0 Å². The van der Waals surface area contributed by atoms with E-state index in [2.05, 4.69) is 5.10 Å². The predicted molar refractivity (Wildman–Crippen MR) is 101 cm³/mol. The molecule has 0 amide bonds. The number of ether oxygens (including phenoxy) is 1. The fourth-order valence-electron chi connectivity index (χ4n) is 2.33. The highest BCUT2D eigenvalue weighted by Crippen LogP contribution is 2.30. The average Bonchev–Trinajstić information content (AvgIpc) is 2.66. The Morgan fingerprint density at radius 1 is 1.15 bits per heavy atom. The molecule has 2 aromatic carbocycles. The van der Waals surface area contributed by atoms with Gasteiger partial charge in [0.25, 0.3) is 5.56 Å². The van der Waals surface area contributed by atoms with E-state index in [9.17, 15) is 10.1 Å². The van der Waals surface area contributed by atoms with Crippen LogP contribution in [0.1, 0.15) is 11.1 Å². The molecule has 0 N–H and O–H groups in total. The van der Waals surface area contributed by atoms with Gasteiger partial charge in [-0.3, -0.25) is 4.79 Å². The lowest BCUT2D eigenvalue weighted by molar-refractivity contribution is 0.414. The van der Waals surface area contributed by atoms with E-state index in [0.717, 1.165) is 4.90 Å². The van der Waals surface area contributed by atoms with Crippen molar-refractivity contribution in [3.05, 3.63) is 75.0 Å². The highest BCUT2D eigenvalue weighted by atomic mass is 35.5. The second-order valence-corrected chi connectivity index (χ2v) is 6.89. The first-order valence-electron chi connectivity index (χ1n) is 7.65. The lowest BCUT2D eigenvalue weighted by atomic mass is 10.2. The van der Waals surface area contributed by atoms with Gasteiger partial charge in [-0.25, -0.2) is 0 Å². The largest absolute Gasteiger partial charge is 0.497 e. The Kier molecular flexibility index (Phi) is 5.31. The van der Waals surface area contributed by atoms with Crippen molar-refractivity contribution in [2.24, 2.45) is 0 Å².